The summed E-state index contributed by atoms with van der Waals surface area (Å²) < 4.78 is 8.29. The lowest BCUT2D eigenvalue weighted by atomic mass is 9.66. The fourth-order valence-electron chi connectivity index (χ4n) is 7.18. The molecule has 2 saturated heterocycles. The lowest BCUT2D eigenvalue weighted by Crippen LogP contribution is -2.54. The van der Waals surface area contributed by atoms with Gasteiger partial charge in [-0.1, -0.05) is 61.7 Å². The molecule has 3 fully saturated rings. The number of nitrogens with zero attached hydrogens (tertiary/aromatic N) is 2. The molecule has 3 unspecified atom stereocenters. The highest BCUT2D eigenvalue weighted by atomic mass is 35.5. The number of carbonyl (C=O) groups excluding carboxylic acids is 2. The van der Waals surface area contributed by atoms with Crippen molar-refractivity contribution >= 4 is 34.4 Å². The van der Waals surface area contributed by atoms with Crippen molar-refractivity contribution in [2.24, 2.45) is 10.8 Å². The van der Waals surface area contributed by atoms with Gasteiger partial charge in [-0.05, 0) is 63.3 Å². The molecule has 2 aliphatic heterocycles. The SMILES string of the molecule is CC#CCn1c(C2CCCN2C(=O)C23CCC(C)(C(=O)O2)C3(C)C)c(-c2ccccc2)c2cc(Cl)ccc21. The van der Waals surface area contributed by atoms with Gasteiger partial charge in [0.2, 0.25) is 0 Å². The Morgan fingerprint density at radius 2 is 1.89 bits per heavy atom. The molecule has 0 spiro atoms. The van der Waals surface area contributed by atoms with Crippen LogP contribution in [0.4, 0.5) is 0 Å². The van der Waals surface area contributed by atoms with Crippen molar-refractivity contribution in [2.45, 2.75) is 71.6 Å². The van der Waals surface area contributed by atoms with Crippen LogP contribution in [0.5, 0.6) is 0 Å². The van der Waals surface area contributed by atoms with E-state index in [0.717, 1.165) is 40.6 Å². The van der Waals surface area contributed by atoms with Gasteiger partial charge in [0, 0.05) is 33.4 Å². The monoisotopic (exact) mass is 528 g/mol. The Bertz CT molecular complexity index is 1530. The molecule has 1 aromatic heterocycles. The molecule has 196 valence electrons. The first kappa shape index (κ1) is 25.1. The Balaban J connectivity index is 1.55. The molecule has 3 atom stereocenters. The minimum atomic E-state index is -1.13. The molecule has 3 heterocycles. The van der Waals surface area contributed by atoms with E-state index in [1.165, 1.54) is 0 Å². The van der Waals surface area contributed by atoms with Crippen molar-refractivity contribution in [3.8, 4) is 23.0 Å². The number of halogens is 1. The van der Waals surface area contributed by atoms with Crippen LogP contribution >= 0.6 is 11.6 Å². The minimum absolute atomic E-state index is 0.0602. The van der Waals surface area contributed by atoms with Gasteiger partial charge in [-0.2, -0.15) is 0 Å². The Kier molecular flexibility index (Phi) is 5.70. The van der Waals surface area contributed by atoms with Crippen LogP contribution in [0.15, 0.2) is 48.5 Å². The second kappa shape index (κ2) is 8.64. The third kappa shape index (κ3) is 3.19. The second-order valence-electron chi connectivity index (χ2n) is 11.6. The molecule has 1 aliphatic carbocycles. The third-order valence-corrected chi connectivity index (χ3v) is 10.0. The summed E-state index contributed by atoms with van der Waals surface area (Å²) in [7, 11) is 0. The Morgan fingerprint density at radius 3 is 2.55 bits per heavy atom. The number of aromatic nitrogens is 1. The van der Waals surface area contributed by atoms with E-state index in [2.05, 4.69) is 34.6 Å². The van der Waals surface area contributed by atoms with Crippen LogP contribution in [-0.2, 0) is 20.9 Å². The van der Waals surface area contributed by atoms with Gasteiger partial charge in [0.15, 0.2) is 5.60 Å². The van der Waals surface area contributed by atoms with Gasteiger partial charge in [0.05, 0.1) is 23.7 Å². The highest BCUT2D eigenvalue weighted by molar-refractivity contribution is 6.31. The molecule has 1 saturated carbocycles. The summed E-state index contributed by atoms with van der Waals surface area (Å²) >= 11 is 6.52. The minimum Gasteiger partial charge on any atom is -0.448 e. The molecule has 2 aromatic carbocycles. The summed E-state index contributed by atoms with van der Waals surface area (Å²) in [5.74, 6) is 5.99. The lowest BCUT2D eigenvalue weighted by molar-refractivity contribution is -0.174. The molecule has 2 bridgehead atoms. The van der Waals surface area contributed by atoms with E-state index >= 15 is 0 Å². The number of hydrogen-bond acceptors (Lipinski definition) is 3. The average Bonchev–Trinajstić information content (AvgIpc) is 3.59. The van der Waals surface area contributed by atoms with Gasteiger partial charge in [0.25, 0.3) is 5.91 Å². The summed E-state index contributed by atoms with van der Waals surface area (Å²) in [6.45, 7) is 9.00. The largest absolute Gasteiger partial charge is 0.448 e. The number of hydrogen-bond donors (Lipinski definition) is 0. The zero-order valence-corrected chi connectivity index (χ0v) is 23.2. The number of benzene rings is 2. The molecule has 6 heteroatoms. The fraction of sp³-hybridized carbons (Fsp3) is 0.438. The zero-order valence-electron chi connectivity index (χ0n) is 22.4. The summed E-state index contributed by atoms with van der Waals surface area (Å²) in [5.41, 5.74) is 1.93. The Hall–Kier alpha value is -3.23. The highest BCUT2D eigenvalue weighted by Crippen LogP contribution is 2.66. The van der Waals surface area contributed by atoms with Crippen LogP contribution in [0.2, 0.25) is 5.02 Å². The molecular weight excluding hydrogens is 496 g/mol. The van der Waals surface area contributed by atoms with Gasteiger partial charge in [-0.3, -0.25) is 9.59 Å². The first-order chi connectivity index (χ1) is 18.2. The van der Waals surface area contributed by atoms with Gasteiger partial charge in [-0.25, -0.2) is 0 Å². The maximum Gasteiger partial charge on any atom is 0.313 e. The van der Waals surface area contributed by atoms with Crippen molar-refractivity contribution in [2.75, 3.05) is 6.54 Å². The number of rotatable bonds is 4. The van der Waals surface area contributed by atoms with Crippen molar-refractivity contribution in [1.82, 2.24) is 9.47 Å². The quantitative estimate of drug-likeness (QED) is 0.277. The van der Waals surface area contributed by atoms with E-state index in [-0.39, 0.29) is 17.9 Å². The van der Waals surface area contributed by atoms with Crippen LogP contribution in [0, 0.1) is 22.7 Å². The number of esters is 1. The Labute approximate surface area is 229 Å². The Morgan fingerprint density at radius 1 is 1.13 bits per heavy atom. The summed E-state index contributed by atoms with van der Waals surface area (Å²) in [4.78, 5) is 29.5. The fourth-order valence-corrected chi connectivity index (χ4v) is 7.35. The van der Waals surface area contributed by atoms with E-state index in [0.29, 0.717) is 31.0 Å². The maximum absolute atomic E-state index is 14.5. The normalized spacial score (nSPS) is 27.4. The van der Waals surface area contributed by atoms with E-state index in [4.69, 9.17) is 16.3 Å². The van der Waals surface area contributed by atoms with Crippen molar-refractivity contribution in [3.63, 3.8) is 0 Å². The molecule has 1 amide bonds. The molecule has 38 heavy (non-hydrogen) atoms. The number of fused-ring (bicyclic) bond motifs is 3. The topological polar surface area (TPSA) is 51.5 Å². The molecule has 3 aromatic rings. The molecule has 0 radical (unpaired) electrons. The summed E-state index contributed by atoms with van der Waals surface area (Å²) in [5, 5.41) is 1.72. The van der Waals surface area contributed by atoms with Crippen LogP contribution in [-0.4, -0.2) is 33.5 Å². The second-order valence-corrected chi connectivity index (χ2v) is 12.1. The predicted molar refractivity (Wildman–Crippen MR) is 149 cm³/mol. The van der Waals surface area contributed by atoms with Gasteiger partial charge in [-0.15, -0.1) is 5.92 Å². The van der Waals surface area contributed by atoms with E-state index in [1.54, 1.807) is 0 Å². The maximum atomic E-state index is 14.5. The van der Waals surface area contributed by atoms with Gasteiger partial charge >= 0.3 is 5.97 Å². The molecule has 6 rings (SSSR count). The van der Waals surface area contributed by atoms with Crippen LogP contribution < -0.4 is 0 Å². The van der Waals surface area contributed by atoms with Gasteiger partial charge in [0.1, 0.15) is 0 Å². The van der Waals surface area contributed by atoms with Crippen LogP contribution in [0.25, 0.3) is 22.0 Å². The predicted octanol–water partition coefficient (Wildman–Crippen LogP) is 6.77. The molecule has 5 nitrogen and oxygen atoms in total. The summed E-state index contributed by atoms with van der Waals surface area (Å²) in [6, 6.07) is 16.1. The van der Waals surface area contributed by atoms with Crippen molar-refractivity contribution < 1.29 is 14.3 Å². The first-order valence-corrected chi connectivity index (χ1v) is 13.9. The van der Waals surface area contributed by atoms with E-state index in [9.17, 15) is 9.59 Å². The molecular formula is C32H33ClN2O3. The van der Waals surface area contributed by atoms with Crippen LogP contribution in [0.1, 0.15) is 65.1 Å². The average molecular weight is 529 g/mol. The molecule has 0 N–H and O–H groups in total. The number of amides is 1. The summed E-state index contributed by atoms with van der Waals surface area (Å²) in [6.07, 6.45) is 2.95. The highest BCUT2D eigenvalue weighted by Gasteiger charge is 2.76. The van der Waals surface area contributed by atoms with E-state index < -0.39 is 16.4 Å². The van der Waals surface area contributed by atoms with Crippen molar-refractivity contribution in [1.29, 1.82) is 0 Å². The standard InChI is InChI=1S/C32H33ClN2O3/c1-5-6-18-34-24-15-14-22(33)20-23(24)26(21-11-8-7-9-12-21)27(34)25-13-10-19-35(25)28(36)32-17-16-31(4,29(37)38-32)30(32,2)3/h7-9,11-12,14-15,20,25H,10,13,16-19H2,1-4H3. The van der Waals surface area contributed by atoms with Crippen molar-refractivity contribution in [3.05, 3.63) is 59.2 Å². The number of ether oxygens (including phenoxy) is 1. The number of carbonyl (C=O) groups is 2. The zero-order chi connectivity index (χ0) is 26.9. The number of likely N-dealkylation sites (tertiary alicyclic amines) is 1. The smallest absolute Gasteiger partial charge is 0.313 e. The third-order valence-electron chi connectivity index (χ3n) is 9.80. The van der Waals surface area contributed by atoms with Crippen LogP contribution in [0.3, 0.4) is 0 Å². The van der Waals surface area contributed by atoms with Gasteiger partial charge < -0.3 is 14.2 Å². The first-order valence-electron chi connectivity index (χ1n) is 13.5. The van der Waals surface area contributed by atoms with E-state index in [1.807, 2.05) is 62.9 Å². The lowest BCUT2D eigenvalue weighted by Gasteiger charge is -2.40. The molecule has 3 aliphatic rings.